The second-order valence-electron chi connectivity index (χ2n) is 6.61. The summed E-state index contributed by atoms with van der Waals surface area (Å²) in [6.07, 6.45) is -3.86. The first kappa shape index (κ1) is 24.5. The molecule has 0 saturated carbocycles. The number of anilines is 1. The Kier molecular flexibility index (Phi) is 9.53. The molecule has 0 aliphatic heterocycles. The van der Waals surface area contributed by atoms with Gasteiger partial charge in [-0.15, -0.1) is 0 Å². The molecule has 5 nitrogen and oxygen atoms in total. The van der Waals surface area contributed by atoms with Gasteiger partial charge in [0.2, 0.25) is 11.8 Å². The van der Waals surface area contributed by atoms with E-state index in [9.17, 15) is 22.8 Å². The molecular weight excluding hydrogens is 418 g/mol. The van der Waals surface area contributed by atoms with E-state index in [0.717, 1.165) is 4.90 Å². The highest BCUT2D eigenvalue weighted by Crippen LogP contribution is 2.25. The van der Waals surface area contributed by atoms with Crippen molar-refractivity contribution in [3.05, 3.63) is 28.2 Å². The van der Waals surface area contributed by atoms with E-state index in [1.54, 1.807) is 12.1 Å². The number of nitrogens with one attached hydrogen (secondary N) is 1. The van der Waals surface area contributed by atoms with E-state index < -0.39 is 30.6 Å². The van der Waals surface area contributed by atoms with Gasteiger partial charge < -0.3 is 10.2 Å². The molecule has 1 aromatic rings. The summed E-state index contributed by atoms with van der Waals surface area (Å²) in [5.41, 5.74) is 0.361. The summed E-state index contributed by atoms with van der Waals surface area (Å²) in [7, 11) is 0. The monoisotopic (exact) mass is 441 g/mol. The van der Waals surface area contributed by atoms with Crippen molar-refractivity contribution in [2.75, 3.05) is 31.5 Å². The zero-order valence-electron chi connectivity index (χ0n) is 15.9. The summed E-state index contributed by atoms with van der Waals surface area (Å²) in [5.74, 6) is -1.12. The maximum Gasteiger partial charge on any atom is 0.406 e. The van der Waals surface area contributed by atoms with Crippen LogP contribution in [0.5, 0.6) is 0 Å². The van der Waals surface area contributed by atoms with Crippen LogP contribution in [-0.4, -0.2) is 60.0 Å². The number of nitrogens with zero attached hydrogens (tertiary/aromatic N) is 2. The second kappa shape index (κ2) is 10.9. The van der Waals surface area contributed by atoms with E-state index >= 15 is 0 Å². The Hall–Kier alpha value is -1.51. The van der Waals surface area contributed by atoms with E-state index in [4.69, 9.17) is 23.2 Å². The minimum Gasteiger partial charge on any atom is -0.330 e. The van der Waals surface area contributed by atoms with Crippen LogP contribution in [0.2, 0.25) is 10.0 Å². The predicted molar refractivity (Wildman–Crippen MR) is 105 cm³/mol. The van der Waals surface area contributed by atoms with Crippen LogP contribution in [0.4, 0.5) is 18.9 Å². The Bertz CT molecular complexity index is 685. The van der Waals surface area contributed by atoms with Gasteiger partial charge in [0.1, 0.15) is 6.54 Å². The van der Waals surface area contributed by atoms with Crippen LogP contribution in [0.25, 0.3) is 0 Å². The van der Waals surface area contributed by atoms with Crippen LogP contribution in [0.3, 0.4) is 0 Å². The quantitative estimate of drug-likeness (QED) is 0.615. The smallest absolute Gasteiger partial charge is 0.330 e. The lowest BCUT2D eigenvalue weighted by molar-refractivity contribution is -0.165. The van der Waals surface area contributed by atoms with Gasteiger partial charge in [-0.25, -0.2) is 0 Å². The molecule has 0 atom stereocenters. The van der Waals surface area contributed by atoms with Gasteiger partial charge in [-0.2, -0.15) is 13.2 Å². The molecular formula is C18H24Cl2F3N3O2. The first-order valence-corrected chi connectivity index (χ1v) is 9.52. The molecule has 0 spiro atoms. The molecule has 0 bridgehead atoms. The molecule has 28 heavy (non-hydrogen) atoms. The molecule has 1 N–H and O–H groups in total. The van der Waals surface area contributed by atoms with Crippen LogP contribution in [-0.2, 0) is 9.59 Å². The summed E-state index contributed by atoms with van der Waals surface area (Å²) in [6.45, 7) is 3.50. The molecule has 0 heterocycles. The number of benzene rings is 1. The summed E-state index contributed by atoms with van der Waals surface area (Å²) in [5, 5.41) is 3.29. The van der Waals surface area contributed by atoms with E-state index in [0.29, 0.717) is 23.7 Å². The molecule has 10 heteroatoms. The number of carbonyl (C=O) groups is 2. The van der Waals surface area contributed by atoms with Crippen molar-refractivity contribution in [3.8, 4) is 0 Å². The molecule has 158 valence electrons. The van der Waals surface area contributed by atoms with Crippen molar-refractivity contribution in [2.24, 2.45) is 0 Å². The zero-order chi connectivity index (χ0) is 21.5. The lowest BCUT2D eigenvalue weighted by Gasteiger charge is -2.30. The highest BCUT2D eigenvalue weighted by molar-refractivity contribution is 6.36. The van der Waals surface area contributed by atoms with Crippen LogP contribution >= 0.6 is 23.2 Å². The van der Waals surface area contributed by atoms with E-state index in [2.05, 4.69) is 5.32 Å². The fourth-order valence-electron chi connectivity index (χ4n) is 2.55. The first-order valence-electron chi connectivity index (χ1n) is 8.76. The first-order chi connectivity index (χ1) is 12.9. The number of amides is 2. The number of carbonyl (C=O) groups excluding carboxylic acids is 2. The van der Waals surface area contributed by atoms with Crippen molar-refractivity contribution in [3.63, 3.8) is 0 Å². The number of halogens is 5. The number of hydrogen-bond donors (Lipinski definition) is 1. The molecule has 0 aromatic heterocycles. The Morgan fingerprint density at radius 3 is 2.32 bits per heavy atom. The van der Waals surface area contributed by atoms with Crippen molar-refractivity contribution >= 4 is 40.7 Å². The average Bonchev–Trinajstić information content (AvgIpc) is 2.54. The standard InChI is InChI=1S/C18H24Cl2F3N3O2/c1-4-7-25(10-17(28)26(12(2)3)11-18(21,22)23)9-16(27)24-15-6-5-13(19)8-14(15)20/h5-6,8,12H,4,7,9-11H2,1-3H3,(H,24,27). The largest absolute Gasteiger partial charge is 0.406 e. The van der Waals surface area contributed by atoms with Gasteiger partial charge in [0.15, 0.2) is 0 Å². The minimum absolute atomic E-state index is 0.156. The Morgan fingerprint density at radius 2 is 1.82 bits per heavy atom. The molecule has 1 aromatic carbocycles. The number of hydrogen-bond acceptors (Lipinski definition) is 3. The van der Waals surface area contributed by atoms with Crippen LogP contribution < -0.4 is 5.32 Å². The van der Waals surface area contributed by atoms with Crippen molar-refractivity contribution in [1.29, 1.82) is 0 Å². The van der Waals surface area contributed by atoms with Gasteiger partial charge >= 0.3 is 6.18 Å². The summed E-state index contributed by atoms with van der Waals surface area (Å²) in [4.78, 5) is 27.0. The molecule has 2 amide bonds. The highest BCUT2D eigenvalue weighted by atomic mass is 35.5. The summed E-state index contributed by atoms with van der Waals surface area (Å²) < 4.78 is 38.2. The molecule has 0 aliphatic rings. The van der Waals surface area contributed by atoms with Gasteiger partial charge in [0.05, 0.1) is 23.8 Å². The van der Waals surface area contributed by atoms with Gasteiger partial charge in [-0.3, -0.25) is 14.5 Å². The van der Waals surface area contributed by atoms with Gasteiger partial charge in [0, 0.05) is 11.1 Å². The summed E-state index contributed by atoms with van der Waals surface area (Å²) in [6, 6.07) is 3.97. The Balaban J connectivity index is 2.77. The van der Waals surface area contributed by atoms with Crippen molar-refractivity contribution in [2.45, 2.75) is 39.4 Å². The van der Waals surface area contributed by atoms with E-state index in [-0.39, 0.29) is 18.1 Å². The summed E-state index contributed by atoms with van der Waals surface area (Å²) >= 11 is 11.8. The van der Waals surface area contributed by atoms with Gasteiger partial charge in [-0.1, -0.05) is 30.1 Å². The van der Waals surface area contributed by atoms with E-state index in [1.807, 2.05) is 6.92 Å². The van der Waals surface area contributed by atoms with Gasteiger partial charge in [0.25, 0.3) is 0 Å². The number of rotatable bonds is 9. The maximum absolute atomic E-state index is 12.7. The molecule has 0 fully saturated rings. The number of alkyl halides is 3. The topological polar surface area (TPSA) is 52.7 Å². The van der Waals surface area contributed by atoms with Crippen molar-refractivity contribution in [1.82, 2.24) is 9.80 Å². The second-order valence-corrected chi connectivity index (χ2v) is 7.46. The molecule has 1 rings (SSSR count). The van der Waals surface area contributed by atoms with Crippen LogP contribution in [0, 0.1) is 0 Å². The SMILES string of the molecule is CCCN(CC(=O)Nc1ccc(Cl)cc1Cl)CC(=O)N(CC(F)(F)F)C(C)C. The minimum atomic E-state index is -4.49. The molecule has 0 unspecified atom stereocenters. The highest BCUT2D eigenvalue weighted by Gasteiger charge is 2.34. The third kappa shape index (κ3) is 8.67. The zero-order valence-corrected chi connectivity index (χ0v) is 17.5. The van der Waals surface area contributed by atoms with Crippen molar-refractivity contribution < 1.29 is 22.8 Å². The van der Waals surface area contributed by atoms with Crippen LogP contribution in [0.1, 0.15) is 27.2 Å². The lowest BCUT2D eigenvalue weighted by Crippen LogP contribution is -2.48. The third-order valence-electron chi connectivity index (χ3n) is 3.76. The normalized spacial score (nSPS) is 11.8. The third-order valence-corrected chi connectivity index (χ3v) is 4.31. The fourth-order valence-corrected chi connectivity index (χ4v) is 3.00. The predicted octanol–water partition coefficient (Wildman–Crippen LogP) is 4.44. The molecule has 0 radical (unpaired) electrons. The Labute approximate surface area is 172 Å². The van der Waals surface area contributed by atoms with E-state index in [1.165, 1.54) is 24.8 Å². The van der Waals surface area contributed by atoms with Gasteiger partial charge in [-0.05, 0) is 45.0 Å². The molecule has 0 aliphatic carbocycles. The fraction of sp³-hybridized carbons (Fsp3) is 0.556. The van der Waals surface area contributed by atoms with Crippen LogP contribution in [0.15, 0.2) is 18.2 Å². The maximum atomic E-state index is 12.7. The average molecular weight is 442 g/mol. The Morgan fingerprint density at radius 1 is 1.18 bits per heavy atom. The lowest BCUT2D eigenvalue weighted by atomic mass is 10.2. The molecule has 0 saturated heterocycles.